The van der Waals surface area contributed by atoms with Gasteiger partial charge in [-0.15, -0.1) is 12.4 Å². The van der Waals surface area contributed by atoms with Crippen molar-refractivity contribution < 1.29 is 9.72 Å². The molecule has 138 valence electrons. The van der Waals surface area contributed by atoms with Crippen LogP contribution in [0.3, 0.4) is 0 Å². The molecule has 2 aliphatic carbocycles. The number of rotatable bonds is 4. The molecule has 0 radical (unpaired) electrons. The van der Waals surface area contributed by atoms with Crippen LogP contribution in [0.1, 0.15) is 50.6 Å². The molecule has 0 aromatic heterocycles. The number of amides is 1. The van der Waals surface area contributed by atoms with Crippen molar-refractivity contribution in [3.63, 3.8) is 0 Å². The van der Waals surface area contributed by atoms with Crippen molar-refractivity contribution in [2.24, 2.45) is 23.5 Å². The molecular formula is C18H26ClN3O3. The van der Waals surface area contributed by atoms with Gasteiger partial charge < -0.3 is 11.1 Å². The maximum atomic E-state index is 12.7. The zero-order valence-corrected chi connectivity index (χ0v) is 15.2. The molecule has 25 heavy (non-hydrogen) atoms. The Morgan fingerprint density at radius 3 is 2.56 bits per heavy atom. The molecule has 2 saturated carbocycles. The number of nitro groups is 1. The second-order valence-electron chi connectivity index (χ2n) is 7.28. The van der Waals surface area contributed by atoms with Crippen molar-refractivity contribution >= 4 is 24.0 Å². The molecule has 3 atom stereocenters. The largest absolute Gasteiger partial charge is 0.349 e. The molecule has 2 bridgehead atoms. The third-order valence-electron chi connectivity index (χ3n) is 5.72. The fourth-order valence-electron chi connectivity index (χ4n) is 4.33. The molecule has 0 heterocycles. The summed E-state index contributed by atoms with van der Waals surface area (Å²) in [6.07, 6.45) is 5.21. The van der Waals surface area contributed by atoms with Crippen molar-refractivity contribution in [3.05, 3.63) is 39.9 Å². The molecule has 6 nitrogen and oxygen atoms in total. The zero-order valence-electron chi connectivity index (χ0n) is 14.4. The fourth-order valence-corrected chi connectivity index (χ4v) is 4.33. The van der Waals surface area contributed by atoms with Crippen LogP contribution in [0.2, 0.25) is 0 Å². The maximum absolute atomic E-state index is 12.7. The molecular weight excluding hydrogens is 342 g/mol. The van der Waals surface area contributed by atoms with Crippen LogP contribution in [0.5, 0.6) is 0 Å². The Morgan fingerprint density at radius 2 is 1.96 bits per heavy atom. The zero-order chi connectivity index (χ0) is 17.3. The standard InChI is InChI=1S/C18H25N3O3.ClH/c1-11(12-4-3-7-16(10-12)21(23)24)20-18(22)15-8-13-5-2-6-14(9-15)17(13)19;/h3-4,7,10-11,13-15,17H,2,5-6,8-9,19H2,1H3,(H,20,22);1H. The Kier molecular flexibility index (Phi) is 6.41. The van der Waals surface area contributed by atoms with Crippen LogP contribution in [0, 0.1) is 27.9 Å². The van der Waals surface area contributed by atoms with Crippen molar-refractivity contribution in [2.75, 3.05) is 0 Å². The van der Waals surface area contributed by atoms with Gasteiger partial charge in [0.15, 0.2) is 0 Å². The summed E-state index contributed by atoms with van der Waals surface area (Å²) in [7, 11) is 0. The molecule has 0 spiro atoms. The van der Waals surface area contributed by atoms with Crippen LogP contribution in [-0.4, -0.2) is 16.9 Å². The van der Waals surface area contributed by atoms with E-state index in [0.29, 0.717) is 11.8 Å². The number of nitro benzene ring substituents is 1. The number of nitrogens with one attached hydrogen (secondary N) is 1. The van der Waals surface area contributed by atoms with Gasteiger partial charge in [0, 0.05) is 24.1 Å². The van der Waals surface area contributed by atoms with Crippen LogP contribution in [-0.2, 0) is 4.79 Å². The number of halogens is 1. The monoisotopic (exact) mass is 367 g/mol. The van der Waals surface area contributed by atoms with Crippen molar-refractivity contribution in [2.45, 2.75) is 51.1 Å². The highest BCUT2D eigenvalue weighted by Gasteiger charge is 2.40. The first kappa shape index (κ1) is 19.7. The minimum Gasteiger partial charge on any atom is -0.349 e. The Morgan fingerprint density at radius 1 is 1.32 bits per heavy atom. The van der Waals surface area contributed by atoms with Crippen LogP contribution < -0.4 is 11.1 Å². The van der Waals surface area contributed by atoms with Gasteiger partial charge in [-0.05, 0) is 50.0 Å². The first-order valence-electron chi connectivity index (χ1n) is 8.76. The summed E-state index contributed by atoms with van der Waals surface area (Å²) < 4.78 is 0. The lowest BCUT2D eigenvalue weighted by Crippen LogP contribution is -2.49. The number of carbonyl (C=O) groups is 1. The smallest absolute Gasteiger partial charge is 0.269 e. The maximum Gasteiger partial charge on any atom is 0.269 e. The molecule has 0 saturated heterocycles. The molecule has 2 aliphatic rings. The summed E-state index contributed by atoms with van der Waals surface area (Å²) in [4.78, 5) is 23.1. The molecule has 1 amide bonds. The minimum atomic E-state index is -0.415. The van der Waals surface area contributed by atoms with E-state index >= 15 is 0 Å². The van der Waals surface area contributed by atoms with Crippen molar-refractivity contribution in [1.29, 1.82) is 0 Å². The quantitative estimate of drug-likeness (QED) is 0.629. The van der Waals surface area contributed by atoms with Crippen LogP contribution in [0.15, 0.2) is 24.3 Å². The number of non-ortho nitro benzene ring substituents is 1. The highest BCUT2D eigenvalue weighted by Crippen LogP contribution is 2.42. The second-order valence-corrected chi connectivity index (χ2v) is 7.28. The van der Waals surface area contributed by atoms with E-state index in [4.69, 9.17) is 5.73 Å². The van der Waals surface area contributed by atoms with E-state index in [1.165, 1.54) is 18.6 Å². The Hall–Kier alpha value is -1.66. The highest BCUT2D eigenvalue weighted by molar-refractivity contribution is 5.85. The normalized spacial score (nSPS) is 29.2. The summed E-state index contributed by atoms with van der Waals surface area (Å²) in [5.74, 6) is 0.988. The lowest BCUT2D eigenvalue weighted by Gasteiger charge is -2.43. The number of nitrogens with zero attached hydrogens (tertiary/aromatic N) is 1. The lowest BCUT2D eigenvalue weighted by molar-refractivity contribution is -0.384. The molecule has 3 N–H and O–H groups in total. The fraction of sp³-hybridized carbons (Fsp3) is 0.611. The minimum absolute atomic E-state index is 0. The molecule has 3 unspecified atom stereocenters. The van der Waals surface area contributed by atoms with E-state index in [9.17, 15) is 14.9 Å². The SMILES string of the molecule is CC(NC(=O)C1CC2CCCC(C1)C2N)c1cccc([N+](=O)[O-])c1.Cl. The van der Waals surface area contributed by atoms with Gasteiger partial charge in [-0.2, -0.15) is 0 Å². The second kappa shape index (κ2) is 8.15. The predicted molar refractivity (Wildman–Crippen MR) is 98.4 cm³/mol. The van der Waals surface area contributed by atoms with E-state index in [0.717, 1.165) is 31.2 Å². The van der Waals surface area contributed by atoms with Gasteiger partial charge >= 0.3 is 0 Å². The predicted octanol–water partition coefficient (Wildman–Crippen LogP) is 3.35. The Bertz CT molecular complexity index is 626. The van der Waals surface area contributed by atoms with E-state index in [-0.39, 0.29) is 42.0 Å². The van der Waals surface area contributed by atoms with Crippen LogP contribution in [0.25, 0.3) is 0 Å². The number of fused-ring (bicyclic) bond motifs is 2. The van der Waals surface area contributed by atoms with Gasteiger partial charge in [-0.25, -0.2) is 0 Å². The number of carbonyl (C=O) groups excluding carboxylic acids is 1. The van der Waals surface area contributed by atoms with Gasteiger partial charge in [-0.3, -0.25) is 14.9 Å². The number of hydrogen-bond donors (Lipinski definition) is 2. The number of nitrogens with two attached hydrogens (primary N) is 1. The summed E-state index contributed by atoms with van der Waals surface area (Å²) >= 11 is 0. The Labute approximate surface area is 154 Å². The molecule has 2 fully saturated rings. The summed E-state index contributed by atoms with van der Waals surface area (Å²) in [6.45, 7) is 1.87. The summed E-state index contributed by atoms with van der Waals surface area (Å²) in [5.41, 5.74) is 7.09. The van der Waals surface area contributed by atoms with Crippen molar-refractivity contribution in [1.82, 2.24) is 5.32 Å². The van der Waals surface area contributed by atoms with Gasteiger partial charge in [0.25, 0.3) is 5.69 Å². The van der Waals surface area contributed by atoms with E-state index in [1.807, 2.05) is 13.0 Å². The van der Waals surface area contributed by atoms with Crippen LogP contribution in [0.4, 0.5) is 5.69 Å². The molecule has 1 aromatic rings. The average molecular weight is 368 g/mol. The summed E-state index contributed by atoms with van der Waals surface area (Å²) in [6, 6.07) is 6.45. The molecule has 3 rings (SSSR count). The van der Waals surface area contributed by atoms with Crippen LogP contribution >= 0.6 is 12.4 Å². The number of benzene rings is 1. The molecule has 0 aliphatic heterocycles. The van der Waals surface area contributed by atoms with Gasteiger partial charge in [0.1, 0.15) is 0 Å². The third kappa shape index (κ3) is 4.30. The van der Waals surface area contributed by atoms with E-state index in [2.05, 4.69) is 5.32 Å². The van der Waals surface area contributed by atoms with Gasteiger partial charge in [0.05, 0.1) is 11.0 Å². The first-order chi connectivity index (χ1) is 11.5. The van der Waals surface area contributed by atoms with Gasteiger partial charge in [0.2, 0.25) is 5.91 Å². The van der Waals surface area contributed by atoms with E-state index < -0.39 is 4.92 Å². The topological polar surface area (TPSA) is 98.3 Å². The Balaban J connectivity index is 0.00000225. The average Bonchev–Trinajstić information content (AvgIpc) is 2.54. The van der Waals surface area contributed by atoms with Gasteiger partial charge in [-0.1, -0.05) is 18.6 Å². The highest BCUT2D eigenvalue weighted by atomic mass is 35.5. The first-order valence-corrected chi connectivity index (χ1v) is 8.76. The molecule has 1 aromatic carbocycles. The lowest BCUT2D eigenvalue weighted by atomic mass is 9.65. The van der Waals surface area contributed by atoms with E-state index in [1.54, 1.807) is 6.07 Å². The molecule has 7 heteroatoms. The third-order valence-corrected chi connectivity index (χ3v) is 5.72. The van der Waals surface area contributed by atoms with Crippen molar-refractivity contribution in [3.8, 4) is 0 Å². The number of hydrogen-bond acceptors (Lipinski definition) is 4. The summed E-state index contributed by atoms with van der Waals surface area (Å²) in [5, 5.41) is 13.9.